The third-order valence-electron chi connectivity index (χ3n) is 5.07. The fourth-order valence-corrected chi connectivity index (χ4v) is 4.62. The number of carbonyl (C=O) groups is 1. The van der Waals surface area contributed by atoms with Crippen LogP contribution >= 0.6 is 11.8 Å². The number of nitrogens with zero attached hydrogens (tertiary/aromatic N) is 3. The van der Waals surface area contributed by atoms with Crippen molar-refractivity contribution in [2.24, 2.45) is 10.9 Å². The lowest BCUT2D eigenvalue weighted by Crippen LogP contribution is -2.40. The second kappa shape index (κ2) is 7.11. The van der Waals surface area contributed by atoms with Crippen molar-refractivity contribution in [3.05, 3.63) is 47.0 Å². The van der Waals surface area contributed by atoms with Gasteiger partial charge >= 0.3 is 0 Å². The Labute approximate surface area is 147 Å². The minimum Gasteiger partial charge on any atom is -0.323 e. The molecule has 0 aromatic heterocycles. The number of ketones is 1. The molecule has 1 aromatic carbocycles. The lowest BCUT2D eigenvalue weighted by Gasteiger charge is -2.34. The number of hydrogen-bond acceptors (Lipinski definition) is 5. The van der Waals surface area contributed by atoms with Gasteiger partial charge in [0, 0.05) is 36.8 Å². The quantitative estimate of drug-likeness (QED) is 0.788. The summed E-state index contributed by atoms with van der Waals surface area (Å²) in [4.78, 5) is 22.0. The van der Waals surface area contributed by atoms with Crippen LogP contribution in [0, 0.1) is 5.92 Å². The van der Waals surface area contributed by atoms with Gasteiger partial charge in [0.25, 0.3) is 0 Å². The van der Waals surface area contributed by atoms with Gasteiger partial charge in [-0.05, 0) is 37.8 Å². The smallest absolute Gasteiger partial charge is 0.167 e. The van der Waals surface area contributed by atoms with E-state index in [2.05, 4.69) is 20.2 Å². The lowest BCUT2D eigenvalue weighted by molar-refractivity contribution is 0.0844. The van der Waals surface area contributed by atoms with Crippen molar-refractivity contribution in [3.63, 3.8) is 0 Å². The van der Waals surface area contributed by atoms with E-state index in [-0.39, 0.29) is 5.92 Å². The van der Waals surface area contributed by atoms with Gasteiger partial charge in [-0.3, -0.25) is 14.7 Å². The predicted molar refractivity (Wildman–Crippen MR) is 99.2 cm³/mol. The zero-order valence-corrected chi connectivity index (χ0v) is 14.7. The Morgan fingerprint density at radius 2 is 1.96 bits per heavy atom. The molecule has 0 spiro atoms. The van der Waals surface area contributed by atoms with Crippen LogP contribution in [0.3, 0.4) is 0 Å². The molecule has 4 rings (SSSR count). The van der Waals surface area contributed by atoms with Crippen LogP contribution in [0.4, 0.5) is 0 Å². The number of fused-ring (bicyclic) bond motifs is 1. The summed E-state index contributed by atoms with van der Waals surface area (Å²) < 4.78 is 0. The maximum Gasteiger partial charge on any atom is 0.167 e. The second-order valence-corrected chi connectivity index (χ2v) is 7.51. The third kappa shape index (κ3) is 3.28. The van der Waals surface area contributed by atoms with Gasteiger partial charge in [-0.1, -0.05) is 42.1 Å². The van der Waals surface area contributed by atoms with E-state index in [1.807, 2.05) is 30.3 Å². The fourth-order valence-electron chi connectivity index (χ4n) is 3.68. The van der Waals surface area contributed by atoms with E-state index in [9.17, 15) is 4.79 Å². The fraction of sp³-hybridized carbons (Fsp3) is 0.474. The Bertz CT molecular complexity index is 662. The molecule has 0 atom stereocenters. The van der Waals surface area contributed by atoms with E-state index in [1.165, 1.54) is 10.9 Å². The van der Waals surface area contributed by atoms with Crippen LogP contribution in [0.5, 0.6) is 0 Å². The van der Waals surface area contributed by atoms with Gasteiger partial charge in [0.1, 0.15) is 0 Å². The summed E-state index contributed by atoms with van der Waals surface area (Å²) in [6.07, 6.45) is 3.08. The number of likely N-dealkylation sites (tertiary alicyclic amines) is 1. The first kappa shape index (κ1) is 15.9. The SMILES string of the molecule is O=C(c1ccccc1)C1CCN(CC2=CSC3=NCCCN23)CC1. The molecule has 0 saturated carbocycles. The van der Waals surface area contributed by atoms with E-state index in [0.29, 0.717) is 5.78 Å². The summed E-state index contributed by atoms with van der Waals surface area (Å²) in [6, 6.07) is 9.73. The number of Topliss-reactive ketones (excluding diaryl/α,β-unsaturated/α-hetero) is 1. The Hall–Kier alpha value is -1.59. The third-order valence-corrected chi connectivity index (χ3v) is 6.02. The van der Waals surface area contributed by atoms with E-state index in [1.54, 1.807) is 11.8 Å². The number of benzene rings is 1. The van der Waals surface area contributed by atoms with Gasteiger partial charge in [0.05, 0.1) is 0 Å². The molecule has 1 saturated heterocycles. The Balaban J connectivity index is 1.31. The van der Waals surface area contributed by atoms with Crippen molar-refractivity contribution in [3.8, 4) is 0 Å². The molecule has 1 fully saturated rings. The molecule has 5 heteroatoms. The zero-order valence-electron chi connectivity index (χ0n) is 13.9. The highest BCUT2D eigenvalue weighted by Gasteiger charge is 2.29. The van der Waals surface area contributed by atoms with Gasteiger partial charge in [0.15, 0.2) is 11.0 Å². The maximum absolute atomic E-state index is 12.6. The van der Waals surface area contributed by atoms with Gasteiger partial charge in [-0.2, -0.15) is 0 Å². The average molecular weight is 341 g/mol. The van der Waals surface area contributed by atoms with Crippen molar-refractivity contribution in [2.45, 2.75) is 19.3 Å². The normalized spacial score (nSPS) is 22.1. The molecule has 3 heterocycles. The molecule has 0 unspecified atom stereocenters. The average Bonchev–Trinajstić information content (AvgIpc) is 3.06. The molecule has 4 nitrogen and oxygen atoms in total. The first-order valence-electron chi connectivity index (χ1n) is 8.80. The maximum atomic E-state index is 12.6. The Kier molecular flexibility index (Phi) is 4.72. The molecule has 0 aliphatic carbocycles. The first-order chi connectivity index (χ1) is 11.8. The van der Waals surface area contributed by atoms with Crippen molar-refractivity contribution in [2.75, 3.05) is 32.7 Å². The molecule has 3 aliphatic rings. The number of carbonyl (C=O) groups excluding carboxylic acids is 1. The highest BCUT2D eigenvalue weighted by atomic mass is 32.2. The highest BCUT2D eigenvalue weighted by molar-refractivity contribution is 8.16. The number of aliphatic imine (C=N–C) groups is 1. The number of piperidine rings is 1. The Morgan fingerprint density at radius 1 is 1.17 bits per heavy atom. The summed E-state index contributed by atoms with van der Waals surface area (Å²) in [5.74, 6) is 0.499. The molecule has 0 radical (unpaired) electrons. The minimum absolute atomic E-state index is 0.183. The van der Waals surface area contributed by atoms with Crippen molar-refractivity contribution < 1.29 is 4.79 Å². The molecule has 126 valence electrons. The monoisotopic (exact) mass is 341 g/mol. The summed E-state index contributed by atoms with van der Waals surface area (Å²) in [5, 5.41) is 3.43. The van der Waals surface area contributed by atoms with Gasteiger partial charge in [-0.25, -0.2) is 0 Å². The molecule has 0 bridgehead atoms. The van der Waals surface area contributed by atoms with Gasteiger partial charge in [-0.15, -0.1) is 0 Å². The molecule has 24 heavy (non-hydrogen) atoms. The van der Waals surface area contributed by atoms with Crippen LogP contribution in [-0.4, -0.2) is 53.5 Å². The Morgan fingerprint density at radius 3 is 2.75 bits per heavy atom. The van der Waals surface area contributed by atoms with Crippen LogP contribution < -0.4 is 0 Å². The minimum atomic E-state index is 0.183. The van der Waals surface area contributed by atoms with E-state index < -0.39 is 0 Å². The molecule has 3 aliphatic heterocycles. The number of rotatable bonds is 4. The summed E-state index contributed by atoms with van der Waals surface area (Å²) in [5.41, 5.74) is 2.24. The number of amidine groups is 1. The number of thioether (sulfide) groups is 1. The molecule has 0 amide bonds. The van der Waals surface area contributed by atoms with Crippen molar-refractivity contribution in [1.29, 1.82) is 0 Å². The zero-order chi connectivity index (χ0) is 16.4. The summed E-state index contributed by atoms with van der Waals surface area (Å²) in [6.45, 7) is 5.06. The lowest BCUT2D eigenvalue weighted by atomic mass is 9.89. The van der Waals surface area contributed by atoms with Crippen LogP contribution in [0.2, 0.25) is 0 Å². The largest absolute Gasteiger partial charge is 0.323 e. The second-order valence-electron chi connectivity index (χ2n) is 6.68. The molecular formula is C19H23N3OS. The van der Waals surface area contributed by atoms with Crippen LogP contribution in [-0.2, 0) is 0 Å². The highest BCUT2D eigenvalue weighted by Crippen LogP contribution is 2.30. The van der Waals surface area contributed by atoms with E-state index in [0.717, 1.165) is 57.5 Å². The number of hydrogen-bond donors (Lipinski definition) is 0. The van der Waals surface area contributed by atoms with Crippen molar-refractivity contribution >= 4 is 22.7 Å². The summed E-state index contributed by atoms with van der Waals surface area (Å²) >= 11 is 1.76. The van der Waals surface area contributed by atoms with Gasteiger partial charge < -0.3 is 4.90 Å². The van der Waals surface area contributed by atoms with Crippen molar-refractivity contribution in [1.82, 2.24) is 9.80 Å². The topological polar surface area (TPSA) is 35.9 Å². The molecular weight excluding hydrogens is 318 g/mol. The van der Waals surface area contributed by atoms with E-state index >= 15 is 0 Å². The first-order valence-corrected chi connectivity index (χ1v) is 9.68. The predicted octanol–water partition coefficient (Wildman–Crippen LogP) is 3.23. The van der Waals surface area contributed by atoms with E-state index in [4.69, 9.17) is 0 Å². The summed E-state index contributed by atoms with van der Waals surface area (Å²) in [7, 11) is 0. The van der Waals surface area contributed by atoms with Crippen LogP contribution in [0.25, 0.3) is 0 Å². The standard InChI is InChI=1S/C19H23N3OS/c23-18(15-5-2-1-3-6-15)16-7-11-21(12-8-16)13-17-14-24-19-20-9-4-10-22(17)19/h1-3,5-6,14,16H,4,7-13H2. The van der Waals surface area contributed by atoms with Crippen LogP contribution in [0.1, 0.15) is 29.6 Å². The molecule has 0 N–H and O–H groups in total. The molecule has 1 aromatic rings. The van der Waals surface area contributed by atoms with Crippen LogP contribution in [0.15, 0.2) is 46.4 Å². The van der Waals surface area contributed by atoms with Gasteiger partial charge in [0.2, 0.25) is 0 Å².